The lowest BCUT2D eigenvalue weighted by atomic mass is 10.0. The second-order valence-corrected chi connectivity index (χ2v) is 5.59. The number of carbonyl (C=O) groups excluding carboxylic acids is 1. The number of rotatable bonds is 4. The van der Waals surface area contributed by atoms with Gasteiger partial charge in [0.05, 0.1) is 10.7 Å². The number of aromatic nitrogens is 3. The highest BCUT2D eigenvalue weighted by atomic mass is 35.5. The summed E-state index contributed by atoms with van der Waals surface area (Å²) in [5.74, 6) is 0.0474. The average Bonchev–Trinajstić information content (AvgIpc) is 3.03. The Balaban J connectivity index is 2.18. The van der Waals surface area contributed by atoms with E-state index in [1.54, 1.807) is 47.0 Å². The molecular formula is C16H11Cl2N3O2. The van der Waals surface area contributed by atoms with E-state index < -0.39 is 0 Å². The summed E-state index contributed by atoms with van der Waals surface area (Å²) in [7, 11) is 0. The van der Waals surface area contributed by atoms with Gasteiger partial charge in [-0.3, -0.25) is 9.36 Å². The average molecular weight is 348 g/mol. The molecule has 0 unspecified atom stereocenters. The van der Waals surface area contributed by atoms with Crippen LogP contribution in [0.5, 0.6) is 0 Å². The number of hydrogen-bond acceptors (Lipinski definition) is 4. The molecule has 2 aromatic carbocycles. The molecule has 5 nitrogen and oxygen atoms in total. The maximum Gasteiger partial charge on any atom is 0.196 e. The first kappa shape index (κ1) is 15.7. The van der Waals surface area contributed by atoms with Gasteiger partial charge < -0.3 is 5.11 Å². The summed E-state index contributed by atoms with van der Waals surface area (Å²) in [5.41, 5.74) is 1.24. The number of ketones is 1. The fourth-order valence-electron chi connectivity index (χ4n) is 2.26. The fraction of sp³-hybridized carbons (Fsp3) is 0.0625. The third-order valence-corrected chi connectivity index (χ3v) is 3.91. The van der Waals surface area contributed by atoms with Crippen LogP contribution in [0.25, 0.3) is 5.69 Å². The number of benzene rings is 2. The van der Waals surface area contributed by atoms with Gasteiger partial charge in [0.1, 0.15) is 12.9 Å². The molecule has 23 heavy (non-hydrogen) atoms. The lowest BCUT2D eigenvalue weighted by Gasteiger charge is -2.12. The van der Waals surface area contributed by atoms with Gasteiger partial charge in [-0.2, -0.15) is 0 Å². The van der Waals surface area contributed by atoms with Crippen LogP contribution in [0.2, 0.25) is 10.0 Å². The van der Waals surface area contributed by atoms with Crippen molar-refractivity contribution in [3.05, 3.63) is 75.8 Å². The molecule has 1 heterocycles. The molecule has 7 heteroatoms. The zero-order valence-electron chi connectivity index (χ0n) is 11.8. The molecule has 0 aliphatic rings. The van der Waals surface area contributed by atoms with Gasteiger partial charge in [-0.15, -0.1) is 10.2 Å². The first-order valence-corrected chi connectivity index (χ1v) is 7.46. The van der Waals surface area contributed by atoms with Gasteiger partial charge in [-0.1, -0.05) is 35.3 Å². The molecule has 0 fully saturated rings. The van der Waals surface area contributed by atoms with E-state index >= 15 is 0 Å². The van der Waals surface area contributed by atoms with Crippen molar-refractivity contribution in [3.8, 4) is 5.69 Å². The Morgan fingerprint density at radius 2 is 1.91 bits per heavy atom. The smallest absolute Gasteiger partial charge is 0.196 e. The minimum Gasteiger partial charge on any atom is -0.388 e. The van der Waals surface area contributed by atoms with Crippen LogP contribution in [0.1, 0.15) is 21.7 Å². The van der Waals surface area contributed by atoms with Crippen LogP contribution in [0, 0.1) is 0 Å². The molecule has 0 bridgehead atoms. The zero-order valence-corrected chi connectivity index (χ0v) is 13.3. The number of aliphatic hydroxyl groups is 1. The summed E-state index contributed by atoms with van der Waals surface area (Å²) < 4.78 is 1.54. The second kappa shape index (κ2) is 6.50. The molecule has 0 saturated heterocycles. The molecule has 1 N–H and O–H groups in total. The first-order valence-electron chi connectivity index (χ1n) is 6.70. The maximum atomic E-state index is 12.9. The SMILES string of the molecule is O=C(c1ccccc1Cl)c1cc(Cl)ccc1-n1cnnc1CO. The molecule has 116 valence electrons. The van der Waals surface area contributed by atoms with E-state index in [4.69, 9.17) is 23.2 Å². The Bertz CT molecular complexity index is 877. The predicted molar refractivity (Wildman–Crippen MR) is 87.2 cm³/mol. The lowest BCUT2D eigenvalue weighted by Crippen LogP contribution is -2.10. The Morgan fingerprint density at radius 1 is 1.13 bits per heavy atom. The van der Waals surface area contributed by atoms with Crippen molar-refractivity contribution >= 4 is 29.0 Å². The summed E-state index contributed by atoms with van der Waals surface area (Å²) in [6, 6.07) is 11.7. The Labute approximate surface area is 142 Å². The molecule has 1 aromatic heterocycles. The first-order chi connectivity index (χ1) is 11.1. The molecule has 3 rings (SSSR count). The number of hydrogen-bond donors (Lipinski definition) is 1. The van der Waals surface area contributed by atoms with Crippen molar-refractivity contribution < 1.29 is 9.90 Å². The van der Waals surface area contributed by atoms with Crippen LogP contribution >= 0.6 is 23.2 Å². The van der Waals surface area contributed by atoms with E-state index in [-0.39, 0.29) is 12.4 Å². The number of nitrogens with zero attached hydrogens (tertiary/aromatic N) is 3. The second-order valence-electron chi connectivity index (χ2n) is 4.75. The topological polar surface area (TPSA) is 68.0 Å². The van der Waals surface area contributed by atoms with Gasteiger partial charge in [0.2, 0.25) is 0 Å². The standard InChI is InChI=1S/C16H11Cl2N3O2/c17-10-5-6-14(21-9-19-20-15(21)8-22)12(7-10)16(23)11-3-1-2-4-13(11)18/h1-7,9,22H,8H2. The van der Waals surface area contributed by atoms with Gasteiger partial charge in [0.25, 0.3) is 0 Å². The van der Waals surface area contributed by atoms with Crippen LogP contribution in [0.3, 0.4) is 0 Å². The van der Waals surface area contributed by atoms with Crippen molar-refractivity contribution in [1.82, 2.24) is 14.8 Å². The van der Waals surface area contributed by atoms with Gasteiger partial charge in [0.15, 0.2) is 11.6 Å². The Morgan fingerprint density at radius 3 is 2.65 bits per heavy atom. The largest absolute Gasteiger partial charge is 0.388 e. The molecule has 0 radical (unpaired) electrons. The van der Waals surface area contributed by atoms with E-state index in [1.807, 2.05) is 0 Å². The van der Waals surface area contributed by atoms with Gasteiger partial charge in [0, 0.05) is 16.1 Å². The van der Waals surface area contributed by atoms with Crippen LogP contribution in [-0.2, 0) is 6.61 Å². The molecule has 3 aromatic rings. The van der Waals surface area contributed by atoms with Crippen LogP contribution in [-0.4, -0.2) is 25.7 Å². The van der Waals surface area contributed by atoms with E-state index in [0.29, 0.717) is 32.7 Å². The minimum atomic E-state index is -0.303. The quantitative estimate of drug-likeness (QED) is 0.735. The Hall–Kier alpha value is -2.21. The van der Waals surface area contributed by atoms with E-state index in [9.17, 15) is 9.90 Å². The van der Waals surface area contributed by atoms with Crippen LogP contribution in [0.15, 0.2) is 48.8 Å². The highest BCUT2D eigenvalue weighted by Crippen LogP contribution is 2.26. The maximum absolute atomic E-state index is 12.9. The van der Waals surface area contributed by atoms with Crippen molar-refractivity contribution in [3.63, 3.8) is 0 Å². The van der Waals surface area contributed by atoms with E-state index in [2.05, 4.69) is 10.2 Å². The van der Waals surface area contributed by atoms with E-state index in [1.165, 1.54) is 6.33 Å². The number of halogens is 2. The van der Waals surface area contributed by atoms with Gasteiger partial charge >= 0.3 is 0 Å². The normalized spacial score (nSPS) is 10.7. The van der Waals surface area contributed by atoms with Gasteiger partial charge in [-0.05, 0) is 30.3 Å². The molecular weight excluding hydrogens is 337 g/mol. The molecule has 0 saturated carbocycles. The van der Waals surface area contributed by atoms with Crippen molar-refractivity contribution in [2.75, 3.05) is 0 Å². The third kappa shape index (κ3) is 2.99. The van der Waals surface area contributed by atoms with Crippen LogP contribution < -0.4 is 0 Å². The minimum absolute atomic E-state index is 0.273. The number of aliphatic hydroxyl groups excluding tert-OH is 1. The summed E-state index contributed by atoms with van der Waals surface area (Å²) in [6.07, 6.45) is 1.43. The van der Waals surface area contributed by atoms with E-state index in [0.717, 1.165) is 0 Å². The van der Waals surface area contributed by atoms with Crippen molar-refractivity contribution in [2.24, 2.45) is 0 Å². The fourth-order valence-corrected chi connectivity index (χ4v) is 2.65. The summed E-state index contributed by atoms with van der Waals surface area (Å²) in [6.45, 7) is -0.303. The molecule has 0 aliphatic heterocycles. The third-order valence-electron chi connectivity index (χ3n) is 3.34. The predicted octanol–water partition coefficient (Wildman–Crippen LogP) is 3.30. The van der Waals surface area contributed by atoms with Crippen molar-refractivity contribution in [2.45, 2.75) is 6.61 Å². The molecule has 0 atom stereocenters. The monoisotopic (exact) mass is 347 g/mol. The highest BCUT2D eigenvalue weighted by molar-refractivity contribution is 6.35. The van der Waals surface area contributed by atoms with Gasteiger partial charge in [-0.25, -0.2) is 0 Å². The lowest BCUT2D eigenvalue weighted by molar-refractivity contribution is 0.103. The molecule has 0 amide bonds. The van der Waals surface area contributed by atoms with Crippen LogP contribution in [0.4, 0.5) is 0 Å². The zero-order chi connectivity index (χ0) is 16.4. The summed E-state index contributed by atoms with van der Waals surface area (Å²) >= 11 is 12.2. The number of carbonyl (C=O) groups is 1. The molecule has 0 aliphatic carbocycles. The van der Waals surface area contributed by atoms with Crippen molar-refractivity contribution in [1.29, 1.82) is 0 Å². The summed E-state index contributed by atoms with van der Waals surface area (Å²) in [4.78, 5) is 12.9. The Kier molecular flexibility index (Phi) is 4.43. The highest BCUT2D eigenvalue weighted by Gasteiger charge is 2.19. The summed E-state index contributed by atoms with van der Waals surface area (Å²) in [5, 5.41) is 17.7. The molecule has 0 spiro atoms.